The minimum absolute atomic E-state index is 0.145. The third kappa shape index (κ3) is 3.58. The van der Waals surface area contributed by atoms with E-state index >= 15 is 0 Å². The smallest absolute Gasteiger partial charge is 0.211 e. The fourth-order valence-electron chi connectivity index (χ4n) is 4.09. The summed E-state index contributed by atoms with van der Waals surface area (Å²) in [6, 6.07) is 19.2. The molecule has 0 atom stereocenters. The number of anilines is 1. The number of benzene rings is 2. The number of ether oxygens (including phenoxy) is 1. The van der Waals surface area contributed by atoms with Gasteiger partial charge in [0.2, 0.25) is 5.78 Å². The Kier molecular flexibility index (Phi) is 5.23. The zero-order valence-electron chi connectivity index (χ0n) is 18.6. The highest BCUT2D eigenvalue weighted by Crippen LogP contribution is 2.40. The molecular weight excluding hydrogens is 430 g/mol. The SMILES string of the molecule is COc1ccc(C(=O)c2c(N)c(-c3nc(-c4cc(C)ccc4C)cs3)c3ccccn23)cc1. The number of aryl methyl sites for hydroxylation is 2. The van der Waals surface area contributed by atoms with Gasteiger partial charge in [0, 0.05) is 22.7 Å². The van der Waals surface area contributed by atoms with Crippen molar-refractivity contribution in [2.45, 2.75) is 13.8 Å². The van der Waals surface area contributed by atoms with Gasteiger partial charge in [-0.2, -0.15) is 0 Å². The number of nitrogens with two attached hydrogens (primary N) is 1. The summed E-state index contributed by atoms with van der Waals surface area (Å²) in [6.45, 7) is 4.16. The van der Waals surface area contributed by atoms with Crippen LogP contribution in [0, 0.1) is 13.8 Å². The lowest BCUT2D eigenvalue weighted by Gasteiger charge is -2.05. The lowest BCUT2D eigenvalue weighted by Crippen LogP contribution is -2.08. The molecule has 5 rings (SSSR count). The van der Waals surface area contributed by atoms with E-state index in [1.165, 1.54) is 22.5 Å². The van der Waals surface area contributed by atoms with Crippen LogP contribution in [0.3, 0.4) is 0 Å². The van der Waals surface area contributed by atoms with Crippen molar-refractivity contribution in [3.8, 4) is 27.6 Å². The van der Waals surface area contributed by atoms with E-state index in [2.05, 4.69) is 32.0 Å². The van der Waals surface area contributed by atoms with Crippen molar-refractivity contribution in [1.29, 1.82) is 0 Å². The van der Waals surface area contributed by atoms with E-state index in [0.29, 0.717) is 22.7 Å². The molecule has 0 saturated heterocycles. The van der Waals surface area contributed by atoms with Crippen LogP contribution in [0.1, 0.15) is 27.2 Å². The van der Waals surface area contributed by atoms with Gasteiger partial charge in [0.15, 0.2) is 0 Å². The molecule has 0 amide bonds. The number of aromatic nitrogens is 2. The maximum Gasteiger partial charge on any atom is 0.211 e. The molecule has 0 aliphatic heterocycles. The largest absolute Gasteiger partial charge is 0.497 e. The van der Waals surface area contributed by atoms with Crippen LogP contribution in [0.15, 0.2) is 72.2 Å². The third-order valence-corrected chi connectivity index (χ3v) is 6.70. The molecule has 0 bridgehead atoms. The first-order valence-electron chi connectivity index (χ1n) is 10.6. The van der Waals surface area contributed by atoms with Gasteiger partial charge in [-0.05, 0) is 61.9 Å². The number of methoxy groups -OCH3 is 1. The van der Waals surface area contributed by atoms with Crippen LogP contribution in [-0.2, 0) is 0 Å². The van der Waals surface area contributed by atoms with Crippen LogP contribution in [0.4, 0.5) is 5.69 Å². The fourth-order valence-corrected chi connectivity index (χ4v) is 4.97. The van der Waals surface area contributed by atoms with Gasteiger partial charge in [0.1, 0.15) is 16.5 Å². The van der Waals surface area contributed by atoms with Crippen molar-refractivity contribution in [3.63, 3.8) is 0 Å². The number of pyridine rings is 1. The van der Waals surface area contributed by atoms with E-state index in [1.807, 2.05) is 34.2 Å². The van der Waals surface area contributed by atoms with Crippen molar-refractivity contribution >= 4 is 28.3 Å². The van der Waals surface area contributed by atoms with Crippen LogP contribution < -0.4 is 10.5 Å². The van der Waals surface area contributed by atoms with E-state index in [9.17, 15) is 4.79 Å². The molecular formula is C27H23N3O2S. The van der Waals surface area contributed by atoms with Crippen molar-refractivity contribution < 1.29 is 9.53 Å². The molecule has 5 nitrogen and oxygen atoms in total. The zero-order chi connectivity index (χ0) is 23.1. The lowest BCUT2D eigenvalue weighted by atomic mass is 10.0. The average Bonchev–Trinajstić information content (AvgIpc) is 3.42. The first-order chi connectivity index (χ1) is 16.0. The highest BCUT2D eigenvalue weighted by molar-refractivity contribution is 7.13. The maximum absolute atomic E-state index is 13.5. The minimum Gasteiger partial charge on any atom is -0.497 e. The van der Waals surface area contributed by atoms with Crippen molar-refractivity contribution in [2.75, 3.05) is 12.8 Å². The van der Waals surface area contributed by atoms with Gasteiger partial charge in [-0.25, -0.2) is 4.98 Å². The summed E-state index contributed by atoms with van der Waals surface area (Å²) in [4.78, 5) is 18.4. The quantitative estimate of drug-likeness (QED) is 0.323. The molecule has 5 aromatic rings. The van der Waals surface area contributed by atoms with Gasteiger partial charge in [-0.15, -0.1) is 11.3 Å². The minimum atomic E-state index is -0.145. The molecule has 6 heteroatoms. The highest BCUT2D eigenvalue weighted by atomic mass is 32.1. The highest BCUT2D eigenvalue weighted by Gasteiger charge is 2.25. The zero-order valence-corrected chi connectivity index (χ0v) is 19.4. The number of rotatable bonds is 5. The fraction of sp³-hybridized carbons (Fsp3) is 0.111. The average molecular weight is 454 g/mol. The summed E-state index contributed by atoms with van der Waals surface area (Å²) in [5.41, 5.74) is 14.1. The summed E-state index contributed by atoms with van der Waals surface area (Å²) < 4.78 is 7.07. The van der Waals surface area contributed by atoms with Crippen molar-refractivity contribution in [1.82, 2.24) is 9.38 Å². The molecule has 0 unspecified atom stereocenters. The molecule has 2 aromatic carbocycles. The van der Waals surface area contributed by atoms with E-state index in [-0.39, 0.29) is 5.78 Å². The van der Waals surface area contributed by atoms with Crippen LogP contribution in [0.5, 0.6) is 5.75 Å². The van der Waals surface area contributed by atoms with E-state index < -0.39 is 0 Å². The van der Waals surface area contributed by atoms with Gasteiger partial charge >= 0.3 is 0 Å². The van der Waals surface area contributed by atoms with E-state index in [4.69, 9.17) is 15.5 Å². The number of thiazole rings is 1. The number of hydrogen-bond acceptors (Lipinski definition) is 5. The Hall–Kier alpha value is -3.90. The van der Waals surface area contributed by atoms with Crippen LogP contribution in [0.25, 0.3) is 27.3 Å². The number of ketones is 1. The first-order valence-corrected chi connectivity index (χ1v) is 11.5. The summed E-state index contributed by atoms with van der Waals surface area (Å²) in [7, 11) is 1.60. The summed E-state index contributed by atoms with van der Waals surface area (Å²) in [5, 5.41) is 2.84. The Balaban J connectivity index is 1.65. The monoisotopic (exact) mass is 453 g/mol. The number of carbonyl (C=O) groups is 1. The van der Waals surface area contributed by atoms with E-state index in [0.717, 1.165) is 27.3 Å². The standard InChI is InChI=1S/C27H23N3O2S/c1-16-7-8-17(2)20(14-16)21-15-33-27(29-21)23-22-6-4-5-13-30(22)25(24(23)28)26(31)18-9-11-19(32-3)12-10-18/h4-15H,28H2,1-3H3. The molecule has 164 valence electrons. The predicted octanol–water partition coefficient (Wildman–Crippen LogP) is 6.17. The number of nitrogen functional groups attached to an aromatic ring is 1. The summed E-state index contributed by atoms with van der Waals surface area (Å²) >= 11 is 1.53. The molecule has 33 heavy (non-hydrogen) atoms. The third-order valence-electron chi connectivity index (χ3n) is 5.84. The number of nitrogens with zero attached hydrogens (tertiary/aromatic N) is 2. The summed E-state index contributed by atoms with van der Waals surface area (Å²) in [5.74, 6) is 0.552. The Bertz CT molecular complexity index is 1500. The van der Waals surface area contributed by atoms with Gasteiger partial charge in [0.25, 0.3) is 0 Å². The second kappa shape index (κ2) is 8.22. The molecule has 0 radical (unpaired) electrons. The molecule has 2 N–H and O–H groups in total. The Labute approximate surface area is 196 Å². The normalized spacial score (nSPS) is 11.1. The molecule has 0 spiro atoms. The van der Waals surface area contributed by atoms with Gasteiger partial charge in [-0.1, -0.05) is 23.8 Å². The van der Waals surface area contributed by atoms with Crippen LogP contribution in [0.2, 0.25) is 0 Å². The molecule has 0 fully saturated rings. The Morgan fingerprint density at radius 2 is 1.85 bits per heavy atom. The second-order valence-electron chi connectivity index (χ2n) is 8.01. The number of fused-ring (bicyclic) bond motifs is 1. The van der Waals surface area contributed by atoms with Gasteiger partial charge < -0.3 is 14.9 Å². The van der Waals surface area contributed by atoms with Crippen molar-refractivity contribution in [3.05, 3.63) is 94.6 Å². The van der Waals surface area contributed by atoms with E-state index in [1.54, 1.807) is 31.4 Å². The summed E-state index contributed by atoms with van der Waals surface area (Å²) in [6.07, 6.45) is 1.87. The molecule has 0 aliphatic carbocycles. The predicted molar refractivity (Wildman–Crippen MR) is 134 cm³/mol. The second-order valence-corrected chi connectivity index (χ2v) is 8.87. The number of carbonyl (C=O) groups excluding carboxylic acids is 1. The molecule has 0 aliphatic rings. The Morgan fingerprint density at radius 1 is 1.06 bits per heavy atom. The molecule has 0 saturated carbocycles. The topological polar surface area (TPSA) is 69.6 Å². The van der Waals surface area contributed by atoms with Crippen LogP contribution in [-0.4, -0.2) is 22.3 Å². The first kappa shape index (κ1) is 21.0. The number of hydrogen-bond donors (Lipinski definition) is 1. The lowest BCUT2D eigenvalue weighted by molar-refractivity contribution is 0.103. The van der Waals surface area contributed by atoms with Gasteiger partial charge in [0.05, 0.1) is 29.6 Å². The molecule has 3 aromatic heterocycles. The molecule has 3 heterocycles. The maximum atomic E-state index is 13.5. The van der Waals surface area contributed by atoms with Crippen LogP contribution >= 0.6 is 11.3 Å². The van der Waals surface area contributed by atoms with Crippen molar-refractivity contribution in [2.24, 2.45) is 0 Å². The van der Waals surface area contributed by atoms with Gasteiger partial charge in [-0.3, -0.25) is 4.79 Å². The Morgan fingerprint density at radius 3 is 2.61 bits per heavy atom.